The first-order chi connectivity index (χ1) is 7.99. The van der Waals surface area contributed by atoms with Crippen LogP contribution < -0.4 is 11.2 Å². The van der Waals surface area contributed by atoms with Crippen molar-refractivity contribution in [3.63, 3.8) is 0 Å². The van der Waals surface area contributed by atoms with E-state index in [0.29, 0.717) is 28.0 Å². The summed E-state index contributed by atoms with van der Waals surface area (Å²) in [7, 11) is 0. The van der Waals surface area contributed by atoms with Crippen LogP contribution in [0.2, 0.25) is 5.02 Å². The molecule has 0 fully saturated rings. The molecule has 0 amide bonds. The van der Waals surface area contributed by atoms with Crippen LogP contribution in [0.3, 0.4) is 0 Å². The van der Waals surface area contributed by atoms with Crippen LogP contribution in [-0.4, -0.2) is 6.04 Å². The zero-order chi connectivity index (χ0) is 12.6. The first-order valence-electron chi connectivity index (χ1n) is 5.45. The van der Waals surface area contributed by atoms with E-state index in [-0.39, 0.29) is 11.5 Å². The van der Waals surface area contributed by atoms with Crippen molar-refractivity contribution < 1.29 is 4.42 Å². The van der Waals surface area contributed by atoms with E-state index in [4.69, 9.17) is 21.8 Å². The minimum absolute atomic E-state index is 0.0505. The lowest BCUT2D eigenvalue weighted by Crippen LogP contribution is -2.22. The summed E-state index contributed by atoms with van der Waals surface area (Å²) in [6.07, 6.45) is 1.99. The van der Waals surface area contributed by atoms with Crippen molar-refractivity contribution in [1.82, 2.24) is 0 Å². The van der Waals surface area contributed by atoms with E-state index in [0.717, 1.165) is 5.56 Å². The van der Waals surface area contributed by atoms with Gasteiger partial charge in [-0.15, -0.1) is 0 Å². The Morgan fingerprint density at radius 3 is 2.82 bits per heavy atom. The van der Waals surface area contributed by atoms with Crippen molar-refractivity contribution in [3.8, 4) is 0 Å². The standard InChI is InChI=1S/C13H14ClNO2/c1-7-3-12-10(5-11(7)14)13(16)9(6-17-12)4-8(2)15/h3,5-6,8H,4,15H2,1-2H3. The van der Waals surface area contributed by atoms with Crippen molar-refractivity contribution in [1.29, 1.82) is 0 Å². The molecule has 1 unspecified atom stereocenters. The molecule has 17 heavy (non-hydrogen) atoms. The van der Waals surface area contributed by atoms with Crippen LogP contribution in [0.25, 0.3) is 11.0 Å². The second kappa shape index (κ2) is 4.51. The van der Waals surface area contributed by atoms with Crippen molar-refractivity contribution in [2.45, 2.75) is 26.3 Å². The number of hydrogen-bond donors (Lipinski definition) is 1. The summed E-state index contributed by atoms with van der Waals surface area (Å²) in [4.78, 5) is 12.2. The topological polar surface area (TPSA) is 56.2 Å². The maximum atomic E-state index is 12.2. The molecule has 0 radical (unpaired) electrons. The molecule has 2 rings (SSSR count). The Bertz CT molecular complexity index is 617. The molecule has 2 aromatic rings. The minimum Gasteiger partial charge on any atom is -0.464 e. The lowest BCUT2D eigenvalue weighted by atomic mass is 10.1. The second-order valence-electron chi connectivity index (χ2n) is 4.37. The number of nitrogens with two attached hydrogens (primary N) is 1. The highest BCUT2D eigenvalue weighted by Crippen LogP contribution is 2.21. The van der Waals surface area contributed by atoms with Crippen LogP contribution in [-0.2, 0) is 6.42 Å². The summed E-state index contributed by atoms with van der Waals surface area (Å²) in [5.74, 6) is 0. The first-order valence-corrected chi connectivity index (χ1v) is 5.83. The van der Waals surface area contributed by atoms with Gasteiger partial charge in [-0.05, 0) is 38.0 Å². The van der Waals surface area contributed by atoms with Gasteiger partial charge in [0.05, 0.1) is 11.6 Å². The monoisotopic (exact) mass is 251 g/mol. The minimum atomic E-state index is -0.0729. The fraction of sp³-hybridized carbons (Fsp3) is 0.308. The molecule has 0 spiro atoms. The highest BCUT2D eigenvalue weighted by atomic mass is 35.5. The van der Waals surface area contributed by atoms with Crippen LogP contribution in [0.1, 0.15) is 18.1 Å². The van der Waals surface area contributed by atoms with Gasteiger partial charge in [-0.3, -0.25) is 4.79 Å². The zero-order valence-corrected chi connectivity index (χ0v) is 10.5. The Morgan fingerprint density at radius 1 is 1.47 bits per heavy atom. The Labute approximate surface area is 104 Å². The van der Waals surface area contributed by atoms with E-state index < -0.39 is 0 Å². The van der Waals surface area contributed by atoms with E-state index in [1.54, 1.807) is 12.1 Å². The van der Waals surface area contributed by atoms with E-state index in [9.17, 15) is 4.79 Å². The quantitative estimate of drug-likeness (QED) is 0.893. The summed E-state index contributed by atoms with van der Waals surface area (Å²) in [5, 5.41) is 1.08. The van der Waals surface area contributed by atoms with E-state index >= 15 is 0 Å². The molecule has 4 heteroatoms. The van der Waals surface area contributed by atoms with Gasteiger partial charge < -0.3 is 10.2 Å². The van der Waals surface area contributed by atoms with Gasteiger partial charge >= 0.3 is 0 Å². The van der Waals surface area contributed by atoms with Gasteiger partial charge in [-0.2, -0.15) is 0 Å². The molecule has 2 N–H and O–H groups in total. The molecule has 3 nitrogen and oxygen atoms in total. The van der Waals surface area contributed by atoms with Crippen LogP contribution in [0, 0.1) is 6.92 Å². The average Bonchev–Trinajstić information content (AvgIpc) is 2.25. The number of hydrogen-bond acceptors (Lipinski definition) is 3. The third-order valence-corrected chi connectivity index (χ3v) is 3.07. The molecule has 0 aliphatic rings. The number of fused-ring (bicyclic) bond motifs is 1. The largest absolute Gasteiger partial charge is 0.464 e. The Morgan fingerprint density at radius 2 is 2.18 bits per heavy atom. The third kappa shape index (κ3) is 2.35. The van der Waals surface area contributed by atoms with E-state index in [1.807, 2.05) is 13.8 Å². The van der Waals surface area contributed by atoms with Gasteiger partial charge in [0.2, 0.25) is 0 Å². The fourth-order valence-electron chi connectivity index (χ4n) is 1.78. The summed E-state index contributed by atoms with van der Waals surface area (Å²) in [5.41, 5.74) is 7.68. The SMILES string of the molecule is Cc1cc2occ(CC(C)N)c(=O)c2cc1Cl. The average molecular weight is 252 g/mol. The van der Waals surface area contributed by atoms with Crippen molar-refractivity contribution in [2.24, 2.45) is 5.73 Å². The Balaban J connectivity index is 2.67. The van der Waals surface area contributed by atoms with E-state index in [1.165, 1.54) is 6.26 Å². The Kier molecular flexibility index (Phi) is 3.22. The number of benzene rings is 1. The van der Waals surface area contributed by atoms with Gasteiger partial charge in [0.1, 0.15) is 5.58 Å². The second-order valence-corrected chi connectivity index (χ2v) is 4.78. The lowest BCUT2D eigenvalue weighted by Gasteiger charge is -2.06. The molecule has 0 saturated heterocycles. The summed E-state index contributed by atoms with van der Waals surface area (Å²) in [6.45, 7) is 3.73. The van der Waals surface area contributed by atoms with E-state index in [2.05, 4.69) is 0 Å². The van der Waals surface area contributed by atoms with Gasteiger partial charge in [0.25, 0.3) is 0 Å². The zero-order valence-electron chi connectivity index (χ0n) is 9.79. The first kappa shape index (κ1) is 12.1. The summed E-state index contributed by atoms with van der Waals surface area (Å²) >= 11 is 6.01. The lowest BCUT2D eigenvalue weighted by molar-refractivity contribution is 0.584. The molecule has 1 aromatic carbocycles. The van der Waals surface area contributed by atoms with Crippen molar-refractivity contribution in [2.75, 3.05) is 0 Å². The normalized spacial score (nSPS) is 12.9. The maximum absolute atomic E-state index is 12.2. The number of rotatable bonds is 2. The molecule has 1 aromatic heterocycles. The highest BCUT2D eigenvalue weighted by molar-refractivity contribution is 6.32. The third-order valence-electron chi connectivity index (χ3n) is 2.67. The maximum Gasteiger partial charge on any atom is 0.195 e. The van der Waals surface area contributed by atoms with Crippen LogP contribution in [0.4, 0.5) is 0 Å². The smallest absolute Gasteiger partial charge is 0.195 e. The summed E-state index contributed by atoms with van der Waals surface area (Å²) in [6, 6.07) is 3.36. The number of halogens is 1. The van der Waals surface area contributed by atoms with Gasteiger partial charge in [-0.1, -0.05) is 11.6 Å². The molecule has 1 atom stereocenters. The predicted octanol–water partition coefficient (Wildman–Crippen LogP) is 2.64. The fourth-order valence-corrected chi connectivity index (χ4v) is 1.94. The van der Waals surface area contributed by atoms with Crippen molar-refractivity contribution in [3.05, 3.63) is 44.8 Å². The van der Waals surface area contributed by atoms with Gasteiger partial charge in [0.15, 0.2) is 5.43 Å². The Hall–Kier alpha value is -1.32. The van der Waals surface area contributed by atoms with Crippen molar-refractivity contribution >= 4 is 22.6 Å². The molecule has 0 saturated carbocycles. The molecular formula is C13H14ClNO2. The molecule has 0 bridgehead atoms. The van der Waals surface area contributed by atoms with Crippen LogP contribution >= 0.6 is 11.6 Å². The van der Waals surface area contributed by atoms with Gasteiger partial charge in [0, 0.05) is 16.6 Å². The summed E-state index contributed by atoms with van der Waals surface area (Å²) < 4.78 is 5.45. The predicted molar refractivity (Wildman–Crippen MR) is 69.6 cm³/mol. The van der Waals surface area contributed by atoms with Crippen LogP contribution in [0.5, 0.6) is 0 Å². The molecular weight excluding hydrogens is 238 g/mol. The highest BCUT2D eigenvalue weighted by Gasteiger charge is 2.10. The molecule has 0 aliphatic carbocycles. The van der Waals surface area contributed by atoms with Crippen LogP contribution in [0.15, 0.2) is 27.6 Å². The van der Waals surface area contributed by atoms with Gasteiger partial charge in [-0.25, -0.2) is 0 Å². The molecule has 1 heterocycles. The number of aryl methyl sites for hydroxylation is 1. The molecule has 90 valence electrons. The molecule has 0 aliphatic heterocycles.